The third kappa shape index (κ3) is 4.57. The predicted octanol–water partition coefficient (Wildman–Crippen LogP) is 5.02. The largest absolute Gasteiger partial charge is 0.458 e. The second-order valence-corrected chi connectivity index (χ2v) is 8.05. The first kappa shape index (κ1) is 21.3. The van der Waals surface area contributed by atoms with E-state index in [4.69, 9.17) is 4.74 Å². The van der Waals surface area contributed by atoms with E-state index in [1.54, 1.807) is 6.08 Å². The van der Waals surface area contributed by atoms with E-state index in [9.17, 15) is 27.5 Å². The molecule has 2 aromatic carbocycles. The molecule has 0 saturated carbocycles. The van der Waals surface area contributed by atoms with Gasteiger partial charge in [0.1, 0.15) is 17.4 Å². The number of carbonyl (C=O) groups excluding carboxylic acids is 1. The number of cyclic esters (lactones) is 1. The lowest BCUT2D eigenvalue weighted by molar-refractivity contribution is -0.156. The van der Waals surface area contributed by atoms with Crippen LogP contribution in [0, 0.1) is 23.3 Å². The number of fused-ring (bicyclic) bond motifs is 1. The summed E-state index contributed by atoms with van der Waals surface area (Å²) in [5, 5.41) is 9.78. The van der Waals surface area contributed by atoms with Crippen molar-refractivity contribution in [2.45, 2.75) is 34.8 Å². The molecule has 1 aliphatic heterocycles. The zero-order valence-electron chi connectivity index (χ0n) is 15.8. The predicted molar refractivity (Wildman–Crippen MR) is 106 cm³/mol. The Bertz CT molecular complexity index is 1180. The number of halogens is 4. The van der Waals surface area contributed by atoms with Gasteiger partial charge in [-0.25, -0.2) is 17.6 Å². The number of esters is 1. The maximum Gasteiger partial charge on any atom is 0.309 e. The number of ether oxygens (including phenoxy) is 1. The zero-order chi connectivity index (χ0) is 22.1. The number of aliphatic hydroxyl groups excluding tert-OH is 1. The quantitative estimate of drug-likeness (QED) is 0.344. The average Bonchev–Trinajstić information content (AvgIpc) is 2.72. The Morgan fingerprint density at radius 1 is 1.13 bits per heavy atom. The number of benzene rings is 2. The minimum Gasteiger partial charge on any atom is -0.458 e. The molecule has 1 fully saturated rings. The monoisotopic (exact) mass is 449 g/mol. The van der Waals surface area contributed by atoms with Crippen molar-refractivity contribution in [2.75, 3.05) is 0 Å². The van der Waals surface area contributed by atoms with Crippen molar-refractivity contribution in [3.63, 3.8) is 0 Å². The molecule has 0 spiro atoms. The van der Waals surface area contributed by atoms with Crippen LogP contribution in [-0.4, -0.2) is 28.3 Å². The zero-order valence-corrected chi connectivity index (χ0v) is 16.6. The van der Waals surface area contributed by atoms with Crippen LogP contribution in [0.25, 0.3) is 17.0 Å². The van der Waals surface area contributed by atoms with Gasteiger partial charge >= 0.3 is 5.97 Å². The fourth-order valence-electron chi connectivity index (χ4n) is 3.22. The van der Waals surface area contributed by atoms with E-state index in [-0.39, 0.29) is 23.7 Å². The normalized spacial score (nSPS) is 19.2. The number of aliphatic hydroxyl groups is 1. The molecule has 4 nitrogen and oxygen atoms in total. The first-order valence-corrected chi connectivity index (χ1v) is 10.1. The van der Waals surface area contributed by atoms with E-state index in [0.29, 0.717) is 15.4 Å². The maximum absolute atomic E-state index is 14.3. The summed E-state index contributed by atoms with van der Waals surface area (Å²) in [5.41, 5.74) is 0.0727. The standard InChI is InChI=1S/C22H15F4NO3S/c23-12-2-5-15(6-3-12)31-22-11(1-4-14-7-13(28)8-18(29)30-14)10-27-21-16(22)9-17(24)19(25)20(21)26/h1-6,9-10,13-14,28H,7-8H2/b4-1+/t13-,14-/m1/s1. The first-order valence-electron chi connectivity index (χ1n) is 9.27. The van der Waals surface area contributed by atoms with Crippen LogP contribution in [0.4, 0.5) is 17.6 Å². The van der Waals surface area contributed by atoms with Crippen molar-refractivity contribution >= 4 is 34.7 Å². The molecule has 0 aliphatic carbocycles. The summed E-state index contributed by atoms with van der Waals surface area (Å²) in [4.78, 5) is 16.4. The molecule has 0 unspecified atom stereocenters. The molecule has 1 aromatic heterocycles. The summed E-state index contributed by atoms with van der Waals surface area (Å²) in [7, 11) is 0. The van der Waals surface area contributed by atoms with Gasteiger partial charge in [-0.3, -0.25) is 9.78 Å². The Hall–Kier alpha value is -2.91. The van der Waals surface area contributed by atoms with Gasteiger partial charge in [-0.15, -0.1) is 0 Å². The van der Waals surface area contributed by atoms with E-state index >= 15 is 0 Å². The number of rotatable bonds is 4. The molecule has 160 valence electrons. The molecule has 1 aliphatic rings. The number of hydrogen-bond donors (Lipinski definition) is 1. The Kier molecular flexibility index (Phi) is 5.97. The van der Waals surface area contributed by atoms with Gasteiger partial charge in [0.2, 0.25) is 0 Å². The Balaban J connectivity index is 1.80. The van der Waals surface area contributed by atoms with Gasteiger partial charge in [0.05, 0.1) is 12.5 Å². The van der Waals surface area contributed by atoms with Crippen LogP contribution in [0.2, 0.25) is 0 Å². The number of nitrogens with zero attached hydrogens (tertiary/aromatic N) is 1. The molecular formula is C22H15F4NO3S. The number of pyridine rings is 1. The van der Waals surface area contributed by atoms with Crippen molar-refractivity contribution in [2.24, 2.45) is 0 Å². The van der Waals surface area contributed by atoms with Gasteiger partial charge in [-0.05, 0) is 36.4 Å². The molecule has 9 heteroatoms. The molecular weight excluding hydrogens is 434 g/mol. The molecule has 0 amide bonds. The van der Waals surface area contributed by atoms with Gasteiger partial charge < -0.3 is 9.84 Å². The van der Waals surface area contributed by atoms with Gasteiger partial charge in [0, 0.05) is 33.4 Å². The van der Waals surface area contributed by atoms with Gasteiger partial charge in [0.15, 0.2) is 17.5 Å². The van der Waals surface area contributed by atoms with Crippen molar-refractivity contribution in [1.29, 1.82) is 0 Å². The Morgan fingerprint density at radius 2 is 1.87 bits per heavy atom. The highest BCUT2D eigenvalue weighted by Gasteiger charge is 2.25. The molecule has 1 N–H and O–H groups in total. The van der Waals surface area contributed by atoms with E-state index in [2.05, 4.69) is 4.98 Å². The number of hydrogen-bond acceptors (Lipinski definition) is 5. The molecule has 31 heavy (non-hydrogen) atoms. The summed E-state index contributed by atoms with van der Waals surface area (Å²) >= 11 is 1.09. The summed E-state index contributed by atoms with van der Waals surface area (Å²) < 4.78 is 60.4. The van der Waals surface area contributed by atoms with E-state index < -0.39 is 41.4 Å². The van der Waals surface area contributed by atoms with Crippen LogP contribution in [0.5, 0.6) is 0 Å². The number of aromatic nitrogens is 1. The Labute approximate surface area is 178 Å². The van der Waals surface area contributed by atoms with E-state index in [0.717, 1.165) is 17.8 Å². The summed E-state index contributed by atoms with van der Waals surface area (Å²) in [5.74, 6) is -5.37. The topological polar surface area (TPSA) is 59.4 Å². The van der Waals surface area contributed by atoms with Crippen LogP contribution in [0.3, 0.4) is 0 Å². The van der Waals surface area contributed by atoms with Gasteiger partial charge in [0.25, 0.3) is 0 Å². The molecule has 0 bridgehead atoms. The molecule has 2 atom stereocenters. The van der Waals surface area contributed by atoms with E-state index in [1.165, 1.54) is 36.5 Å². The lowest BCUT2D eigenvalue weighted by Gasteiger charge is -2.23. The average molecular weight is 449 g/mol. The third-order valence-electron chi connectivity index (χ3n) is 4.69. The van der Waals surface area contributed by atoms with Crippen LogP contribution in [0.15, 0.2) is 52.4 Å². The van der Waals surface area contributed by atoms with Crippen molar-refractivity contribution in [1.82, 2.24) is 4.98 Å². The van der Waals surface area contributed by atoms with Gasteiger partial charge in [-0.1, -0.05) is 17.8 Å². The van der Waals surface area contributed by atoms with Crippen LogP contribution in [-0.2, 0) is 9.53 Å². The van der Waals surface area contributed by atoms with Crippen molar-refractivity contribution in [3.05, 3.63) is 71.4 Å². The highest BCUT2D eigenvalue weighted by molar-refractivity contribution is 7.99. The van der Waals surface area contributed by atoms with Gasteiger partial charge in [-0.2, -0.15) is 0 Å². The fraction of sp³-hybridized carbons (Fsp3) is 0.182. The van der Waals surface area contributed by atoms with Crippen molar-refractivity contribution < 1.29 is 32.2 Å². The van der Waals surface area contributed by atoms with Crippen molar-refractivity contribution in [3.8, 4) is 0 Å². The van der Waals surface area contributed by atoms with Crippen LogP contribution < -0.4 is 0 Å². The van der Waals surface area contributed by atoms with Crippen LogP contribution in [0.1, 0.15) is 18.4 Å². The minimum absolute atomic E-state index is 0.0357. The second-order valence-electron chi connectivity index (χ2n) is 6.96. The SMILES string of the molecule is O=C1C[C@H](O)C[C@@H](/C=C/c2cnc3c(F)c(F)c(F)cc3c2Sc2ccc(F)cc2)O1. The fourth-order valence-corrected chi connectivity index (χ4v) is 4.24. The molecule has 3 aromatic rings. The highest BCUT2D eigenvalue weighted by atomic mass is 32.2. The third-order valence-corrected chi connectivity index (χ3v) is 5.86. The Morgan fingerprint density at radius 3 is 2.58 bits per heavy atom. The molecule has 4 rings (SSSR count). The first-order chi connectivity index (χ1) is 14.8. The summed E-state index contributed by atoms with van der Waals surface area (Å²) in [6.07, 6.45) is 2.98. The molecule has 1 saturated heterocycles. The lowest BCUT2D eigenvalue weighted by atomic mass is 10.0. The summed E-state index contributed by atoms with van der Waals surface area (Å²) in [6, 6.07) is 6.33. The van der Waals surface area contributed by atoms with Crippen LogP contribution >= 0.6 is 11.8 Å². The molecule has 2 heterocycles. The second kappa shape index (κ2) is 8.68. The minimum atomic E-state index is -1.62. The smallest absolute Gasteiger partial charge is 0.309 e. The summed E-state index contributed by atoms with van der Waals surface area (Å²) in [6.45, 7) is 0. The lowest BCUT2D eigenvalue weighted by Crippen LogP contribution is -2.31. The number of carbonyl (C=O) groups is 1. The maximum atomic E-state index is 14.3. The highest BCUT2D eigenvalue weighted by Crippen LogP contribution is 2.38. The van der Waals surface area contributed by atoms with E-state index in [1.807, 2.05) is 0 Å². The molecule has 0 radical (unpaired) electrons.